The van der Waals surface area contributed by atoms with Crippen LogP contribution in [0.25, 0.3) is 0 Å². The number of hydrogen-bond acceptors (Lipinski definition) is 1. The van der Waals surface area contributed by atoms with Crippen LogP contribution in [-0.4, -0.2) is 12.9 Å². The van der Waals surface area contributed by atoms with Crippen molar-refractivity contribution in [1.82, 2.24) is 5.32 Å². The third kappa shape index (κ3) is 6.99. The Morgan fingerprint density at radius 2 is 2.40 bits per heavy atom. The van der Waals surface area contributed by atoms with Gasteiger partial charge >= 0.3 is 0 Å². The van der Waals surface area contributed by atoms with E-state index >= 15 is 0 Å². The lowest BCUT2D eigenvalue weighted by Gasteiger charge is -1.85. The molecule has 2 heteroatoms. The molecule has 0 spiro atoms. The Hall–Kier alpha value is -1.01. The van der Waals surface area contributed by atoms with E-state index in [0.717, 1.165) is 13.0 Å². The second kappa shape index (κ2) is 7.99. The summed E-state index contributed by atoms with van der Waals surface area (Å²) in [5.74, 6) is 0. The largest absolute Gasteiger partial charge is 0.346 e. The molecule has 0 heterocycles. The maximum atomic E-state index is 4.04. The fourth-order valence-electron chi connectivity index (χ4n) is 0.415. The second-order valence-corrected chi connectivity index (χ2v) is 1.80. The summed E-state index contributed by atoms with van der Waals surface area (Å²) in [4.78, 5) is 4.04. The zero-order valence-electron chi connectivity index (χ0n) is 6.59. The van der Waals surface area contributed by atoms with E-state index in [9.17, 15) is 0 Å². The van der Waals surface area contributed by atoms with Gasteiger partial charge in [-0.05, 0) is 19.4 Å². The summed E-state index contributed by atoms with van der Waals surface area (Å²) in [5.41, 5.74) is 2.87. The van der Waals surface area contributed by atoms with Crippen molar-refractivity contribution in [1.29, 1.82) is 0 Å². The molecule has 0 aromatic carbocycles. The molecule has 0 atom stereocenters. The van der Waals surface area contributed by atoms with Crippen molar-refractivity contribution in [3.05, 3.63) is 18.0 Å². The van der Waals surface area contributed by atoms with Crippen molar-refractivity contribution in [3.63, 3.8) is 0 Å². The topological polar surface area (TPSA) is 24.4 Å². The summed E-state index contributed by atoms with van der Waals surface area (Å²) in [6.07, 6.45) is 6.32. The molecule has 0 aromatic rings. The van der Waals surface area contributed by atoms with Crippen LogP contribution in [0.2, 0.25) is 0 Å². The third-order valence-corrected chi connectivity index (χ3v) is 0.852. The molecule has 0 saturated carbocycles. The van der Waals surface area contributed by atoms with Crippen molar-refractivity contribution in [2.45, 2.75) is 20.3 Å². The van der Waals surface area contributed by atoms with Gasteiger partial charge in [-0.3, -0.25) is 4.99 Å². The third-order valence-electron chi connectivity index (χ3n) is 0.852. The number of rotatable bonds is 4. The van der Waals surface area contributed by atoms with Crippen LogP contribution in [0, 0.1) is 0 Å². The Balaban J connectivity index is 3.26. The molecule has 0 aliphatic carbocycles. The average molecular weight is 138 g/mol. The van der Waals surface area contributed by atoms with Crippen LogP contribution >= 0.6 is 0 Å². The maximum Gasteiger partial charge on any atom is 0.0867 e. The fourth-order valence-corrected chi connectivity index (χ4v) is 0.415. The highest BCUT2D eigenvalue weighted by Gasteiger charge is 1.68. The van der Waals surface area contributed by atoms with Gasteiger partial charge in [-0.1, -0.05) is 6.92 Å². The summed E-state index contributed by atoms with van der Waals surface area (Å²) in [7, 11) is 0. The van der Waals surface area contributed by atoms with E-state index in [1.54, 1.807) is 12.5 Å². The van der Waals surface area contributed by atoms with Gasteiger partial charge in [-0.25, -0.2) is 0 Å². The first-order chi connectivity index (χ1) is 4.91. The van der Waals surface area contributed by atoms with E-state index in [1.807, 2.05) is 13.0 Å². The summed E-state index contributed by atoms with van der Waals surface area (Å²) in [6, 6.07) is 0. The van der Waals surface area contributed by atoms with Crippen molar-refractivity contribution in [3.8, 4) is 0 Å². The van der Waals surface area contributed by atoms with Gasteiger partial charge < -0.3 is 5.32 Å². The van der Waals surface area contributed by atoms with E-state index in [2.05, 4.69) is 23.0 Å². The van der Waals surface area contributed by atoms with E-state index < -0.39 is 0 Å². The average Bonchev–Trinajstić information content (AvgIpc) is 1.97. The van der Waals surface area contributed by atoms with Crippen LogP contribution in [0.15, 0.2) is 23.0 Å². The molecule has 56 valence electrons. The molecule has 0 radical (unpaired) electrons. The van der Waals surface area contributed by atoms with Gasteiger partial charge in [0.25, 0.3) is 0 Å². The zero-order chi connectivity index (χ0) is 7.66. The van der Waals surface area contributed by atoms with E-state index in [1.165, 1.54) is 0 Å². The Morgan fingerprint density at radius 1 is 1.60 bits per heavy atom. The van der Waals surface area contributed by atoms with Crippen LogP contribution in [0.3, 0.4) is 0 Å². The van der Waals surface area contributed by atoms with Gasteiger partial charge in [0.05, 0.1) is 6.34 Å². The predicted molar refractivity (Wildman–Crippen MR) is 45.1 cm³/mol. The standard InChI is InChI=1S/C8H14N2/c1-3-5-7-10-8-9-6-4-2/h3,7-8H,4,6H2,1-2H3,(H,9,10). The molecule has 10 heavy (non-hydrogen) atoms. The minimum absolute atomic E-state index is 0.886. The summed E-state index contributed by atoms with van der Waals surface area (Å²) in [6.45, 7) is 4.90. The van der Waals surface area contributed by atoms with Crippen molar-refractivity contribution in [2.24, 2.45) is 4.99 Å². The molecule has 0 rings (SSSR count). The molecule has 1 N–H and O–H groups in total. The first-order valence-corrected chi connectivity index (χ1v) is 3.51. The first-order valence-electron chi connectivity index (χ1n) is 3.51. The highest BCUT2D eigenvalue weighted by atomic mass is 14.9. The highest BCUT2D eigenvalue weighted by molar-refractivity contribution is 5.55. The number of hydrogen-bond donors (Lipinski definition) is 1. The number of aliphatic imine (C=N–C) groups is 1. The second-order valence-electron chi connectivity index (χ2n) is 1.80. The SMILES string of the molecule is CC=C=CNC=NCCC. The Bertz CT molecular complexity index is 141. The molecule has 2 nitrogen and oxygen atoms in total. The summed E-state index contributed by atoms with van der Waals surface area (Å²) in [5, 5.41) is 2.86. The summed E-state index contributed by atoms with van der Waals surface area (Å²) >= 11 is 0. The minimum atomic E-state index is 0.886. The summed E-state index contributed by atoms with van der Waals surface area (Å²) < 4.78 is 0. The molecule has 0 fully saturated rings. The quantitative estimate of drug-likeness (QED) is 0.357. The van der Waals surface area contributed by atoms with Gasteiger partial charge in [-0.2, -0.15) is 0 Å². The van der Waals surface area contributed by atoms with E-state index in [0.29, 0.717) is 0 Å². The van der Waals surface area contributed by atoms with Crippen molar-refractivity contribution < 1.29 is 0 Å². The van der Waals surface area contributed by atoms with Gasteiger partial charge in [0.1, 0.15) is 0 Å². The van der Waals surface area contributed by atoms with Gasteiger partial charge in [-0.15, -0.1) is 5.73 Å². The van der Waals surface area contributed by atoms with Crippen LogP contribution in [0.5, 0.6) is 0 Å². The predicted octanol–water partition coefficient (Wildman–Crippen LogP) is 1.70. The minimum Gasteiger partial charge on any atom is -0.346 e. The van der Waals surface area contributed by atoms with E-state index in [-0.39, 0.29) is 0 Å². The number of allylic oxidation sites excluding steroid dienone is 1. The Kier molecular flexibility index (Phi) is 7.18. The lowest BCUT2D eigenvalue weighted by atomic mass is 10.5. The van der Waals surface area contributed by atoms with Crippen molar-refractivity contribution in [2.75, 3.05) is 6.54 Å². The van der Waals surface area contributed by atoms with Gasteiger partial charge in [0.15, 0.2) is 0 Å². The lowest BCUT2D eigenvalue weighted by Crippen LogP contribution is -1.99. The Labute approximate surface area is 62.4 Å². The monoisotopic (exact) mass is 138 g/mol. The molecule has 0 aliphatic rings. The molecule has 0 aliphatic heterocycles. The molecular formula is C8H14N2. The molecule has 0 aromatic heterocycles. The lowest BCUT2D eigenvalue weighted by molar-refractivity contribution is 0.931. The van der Waals surface area contributed by atoms with Crippen LogP contribution < -0.4 is 5.32 Å². The van der Waals surface area contributed by atoms with Crippen LogP contribution in [0.4, 0.5) is 0 Å². The van der Waals surface area contributed by atoms with Gasteiger partial charge in [0, 0.05) is 12.7 Å². The normalized spacial score (nSPS) is 9.00. The zero-order valence-corrected chi connectivity index (χ0v) is 6.59. The van der Waals surface area contributed by atoms with E-state index in [4.69, 9.17) is 0 Å². The molecule has 0 unspecified atom stereocenters. The van der Waals surface area contributed by atoms with Crippen LogP contribution in [-0.2, 0) is 0 Å². The molecular weight excluding hydrogens is 124 g/mol. The molecule has 0 bridgehead atoms. The maximum absolute atomic E-state index is 4.04. The molecule has 0 amide bonds. The Morgan fingerprint density at radius 3 is 3.00 bits per heavy atom. The first kappa shape index (κ1) is 8.99. The van der Waals surface area contributed by atoms with Crippen molar-refractivity contribution >= 4 is 6.34 Å². The highest BCUT2D eigenvalue weighted by Crippen LogP contribution is 1.72. The number of nitrogens with one attached hydrogen (secondary N) is 1. The number of nitrogens with zero attached hydrogens (tertiary/aromatic N) is 1. The molecule has 0 saturated heterocycles. The van der Waals surface area contributed by atoms with Gasteiger partial charge in [0.2, 0.25) is 0 Å². The smallest absolute Gasteiger partial charge is 0.0867 e. The fraction of sp³-hybridized carbons (Fsp3) is 0.500. The van der Waals surface area contributed by atoms with Crippen LogP contribution in [0.1, 0.15) is 20.3 Å².